The van der Waals surface area contributed by atoms with E-state index < -0.39 is 5.97 Å². The van der Waals surface area contributed by atoms with Crippen LogP contribution in [-0.2, 0) is 4.74 Å². The number of carbonyl (C=O) groups excluding carboxylic acids is 1. The van der Waals surface area contributed by atoms with E-state index in [2.05, 4.69) is 5.32 Å². The topological polar surface area (TPSA) is 78.9 Å². The molecule has 114 valence electrons. The summed E-state index contributed by atoms with van der Waals surface area (Å²) in [6.45, 7) is 3.00. The molecule has 0 atom stereocenters. The number of likely N-dealkylation sites (tertiary alicyclic amines) is 1. The van der Waals surface area contributed by atoms with E-state index in [1.165, 1.54) is 6.07 Å². The van der Waals surface area contributed by atoms with Gasteiger partial charge in [-0.15, -0.1) is 0 Å². The highest BCUT2D eigenvalue weighted by Gasteiger charge is 2.24. The van der Waals surface area contributed by atoms with Crippen LogP contribution in [0.5, 0.6) is 0 Å². The lowest BCUT2D eigenvalue weighted by Gasteiger charge is -2.31. The number of methoxy groups -OCH3 is 1. The van der Waals surface area contributed by atoms with Crippen molar-refractivity contribution in [1.29, 1.82) is 0 Å². The molecular formula is C15H20N2O4. The van der Waals surface area contributed by atoms with Gasteiger partial charge in [0.15, 0.2) is 0 Å². The van der Waals surface area contributed by atoms with Gasteiger partial charge in [-0.1, -0.05) is 12.1 Å². The maximum Gasteiger partial charge on any atom is 0.337 e. The lowest BCUT2D eigenvalue weighted by atomic mass is 10.1. The van der Waals surface area contributed by atoms with Crippen LogP contribution in [0.2, 0.25) is 0 Å². The van der Waals surface area contributed by atoms with Crippen molar-refractivity contribution in [2.75, 3.05) is 25.5 Å². The van der Waals surface area contributed by atoms with Crippen LogP contribution in [0.1, 0.15) is 28.8 Å². The predicted molar refractivity (Wildman–Crippen MR) is 78.8 cm³/mol. The Kier molecular flexibility index (Phi) is 4.80. The first-order valence-electron chi connectivity index (χ1n) is 6.94. The van der Waals surface area contributed by atoms with E-state index in [1.807, 2.05) is 0 Å². The smallest absolute Gasteiger partial charge is 0.337 e. The number of hydrogen-bond donors (Lipinski definition) is 2. The SMILES string of the molecule is COC1CCN(C(=O)Nc2c(C)cccc2C(=O)O)CC1. The van der Waals surface area contributed by atoms with Crippen molar-refractivity contribution < 1.29 is 19.4 Å². The summed E-state index contributed by atoms with van der Waals surface area (Å²) >= 11 is 0. The zero-order chi connectivity index (χ0) is 15.4. The lowest BCUT2D eigenvalue weighted by molar-refractivity contribution is 0.0521. The quantitative estimate of drug-likeness (QED) is 0.896. The Morgan fingerprint density at radius 2 is 2.00 bits per heavy atom. The molecule has 1 aliphatic heterocycles. The molecule has 21 heavy (non-hydrogen) atoms. The van der Waals surface area contributed by atoms with Crippen LogP contribution in [0, 0.1) is 6.92 Å². The monoisotopic (exact) mass is 292 g/mol. The summed E-state index contributed by atoms with van der Waals surface area (Å²) in [7, 11) is 1.67. The molecule has 2 amide bonds. The first-order chi connectivity index (χ1) is 10.0. The number of carboxylic acid groups (broad SMARTS) is 1. The van der Waals surface area contributed by atoms with Gasteiger partial charge in [0.2, 0.25) is 0 Å². The number of carbonyl (C=O) groups is 2. The molecule has 0 unspecified atom stereocenters. The Hall–Kier alpha value is -2.08. The maximum absolute atomic E-state index is 12.3. The maximum atomic E-state index is 12.3. The molecule has 6 nitrogen and oxygen atoms in total. The summed E-state index contributed by atoms with van der Waals surface area (Å²) in [4.78, 5) is 25.2. The molecule has 2 rings (SSSR count). The summed E-state index contributed by atoms with van der Waals surface area (Å²) in [5.41, 5.74) is 1.20. The molecule has 0 aromatic heterocycles. The van der Waals surface area contributed by atoms with Gasteiger partial charge >= 0.3 is 12.0 Å². The van der Waals surface area contributed by atoms with Crippen LogP contribution < -0.4 is 5.32 Å². The normalized spacial score (nSPS) is 15.8. The van der Waals surface area contributed by atoms with Crippen molar-refractivity contribution in [3.8, 4) is 0 Å². The molecule has 1 aromatic rings. The van der Waals surface area contributed by atoms with Crippen LogP contribution >= 0.6 is 0 Å². The molecule has 0 spiro atoms. The van der Waals surface area contributed by atoms with Crippen molar-refractivity contribution in [1.82, 2.24) is 4.90 Å². The lowest BCUT2D eigenvalue weighted by Crippen LogP contribution is -2.43. The van der Waals surface area contributed by atoms with Gasteiger partial charge < -0.3 is 20.1 Å². The molecule has 0 aliphatic carbocycles. The van der Waals surface area contributed by atoms with E-state index in [1.54, 1.807) is 31.1 Å². The fourth-order valence-corrected chi connectivity index (χ4v) is 2.49. The fraction of sp³-hybridized carbons (Fsp3) is 0.467. The summed E-state index contributed by atoms with van der Waals surface area (Å²) in [6.07, 6.45) is 1.79. The van der Waals surface area contributed by atoms with E-state index in [0.29, 0.717) is 18.8 Å². The number of nitrogens with one attached hydrogen (secondary N) is 1. The van der Waals surface area contributed by atoms with E-state index >= 15 is 0 Å². The van der Waals surface area contributed by atoms with Gasteiger partial charge in [-0.2, -0.15) is 0 Å². The molecule has 6 heteroatoms. The van der Waals surface area contributed by atoms with Gasteiger partial charge in [-0.05, 0) is 31.4 Å². The average Bonchev–Trinajstić information content (AvgIpc) is 2.49. The first kappa shape index (κ1) is 15.3. The molecule has 1 saturated heterocycles. The Balaban J connectivity index is 2.08. The van der Waals surface area contributed by atoms with E-state index in [9.17, 15) is 14.7 Å². The number of benzene rings is 1. The van der Waals surface area contributed by atoms with Gasteiger partial charge in [-0.25, -0.2) is 9.59 Å². The third-order valence-corrected chi connectivity index (χ3v) is 3.80. The van der Waals surface area contributed by atoms with Gasteiger partial charge in [0, 0.05) is 20.2 Å². The molecule has 2 N–H and O–H groups in total. The minimum atomic E-state index is -1.05. The van der Waals surface area contributed by atoms with Crippen LogP contribution in [0.3, 0.4) is 0 Å². The number of nitrogens with zero attached hydrogens (tertiary/aromatic N) is 1. The molecule has 1 fully saturated rings. The Labute approximate surface area is 123 Å². The van der Waals surface area contributed by atoms with Crippen molar-refractivity contribution in [3.05, 3.63) is 29.3 Å². The number of rotatable bonds is 3. The van der Waals surface area contributed by atoms with Gasteiger partial charge in [0.05, 0.1) is 17.4 Å². The van der Waals surface area contributed by atoms with Gasteiger partial charge in [0.25, 0.3) is 0 Å². The van der Waals surface area contributed by atoms with Crippen LogP contribution in [-0.4, -0.2) is 48.3 Å². The Bertz CT molecular complexity index is 536. The first-order valence-corrected chi connectivity index (χ1v) is 6.94. The molecule has 0 bridgehead atoms. The van der Waals surface area contributed by atoms with Crippen LogP contribution in [0.4, 0.5) is 10.5 Å². The second kappa shape index (κ2) is 6.58. The Morgan fingerprint density at radius 3 is 2.57 bits per heavy atom. The largest absolute Gasteiger partial charge is 0.478 e. The summed E-state index contributed by atoms with van der Waals surface area (Å²) in [5, 5.41) is 11.9. The molecule has 0 radical (unpaired) electrons. The standard InChI is InChI=1S/C15H20N2O4/c1-10-4-3-5-12(14(18)19)13(10)16-15(20)17-8-6-11(21-2)7-9-17/h3-5,11H,6-9H2,1-2H3,(H,16,20)(H,18,19). The number of carboxylic acids is 1. The second-order valence-electron chi connectivity index (χ2n) is 5.15. The van der Waals surface area contributed by atoms with Gasteiger partial charge in [-0.3, -0.25) is 0 Å². The third-order valence-electron chi connectivity index (χ3n) is 3.80. The molecule has 1 aliphatic rings. The second-order valence-corrected chi connectivity index (χ2v) is 5.15. The molecule has 1 heterocycles. The van der Waals surface area contributed by atoms with E-state index in [0.717, 1.165) is 18.4 Å². The zero-order valence-electron chi connectivity index (χ0n) is 12.3. The highest BCUT2D eigenvalue weighted by atomic mass is 16.5. The summed E-state index contributed by atoms with van der Waals surface area (Å²) < 4.78 is 5.27. The number of ether oxygens (including phenoxy) is 1. The van der Waals surface area contributed by atoms with Crippen LogP contribution in [0.25, 0.3) is 0 Å². The van der Waals surface area contributed by atoms with E-state index in [-0.39, 0.29) is 17.7 Å². The van der Waals surface area contributed by atoms with Crippen molar-refractivity contribution in [3.63, 3.8) is 0 Å². The minimum absolute atomic E-state index is 0.107. The van der Waals surface area contributed by atoms with Crippen molar-refractivity contribution in [2.24, 2.45) is 0 Å². The Morgan fingerprint density at radius 1 is 1.33 bits per heavy atom. The molecular weight excluding hydrogens is 272 g/mol. The number of aromatic carboxylic acids is 1. The average molecular weight is 292 g/mol. The molecule has 1 aromatic carbocycles. The number of piperidine rings is 1. The van der Waals surface area contributed by atoms with Crippen LogP contribution in [0.15, 0.2) is 18.2 Å². The summed E-state index contributed by atoms with van der Waals surface area (Å²) in [5.74, 6) is -1.05. The minimum Gasteiger partial charge on any atom is -0.478 e. The van der Waals surface area contributed by atoms with Crippen molar-refractivity contribution in [2.45, 2.75) is 25.9 Å². The summed E-state index contributed by atoms with van der Waals surface area (Å²) in [6, 6.07) is 4.67. The van der Waals surface area contributed by atoms with Crippen molar-refractivity contribution >= 4 is 17.7 Å². The number of hydrogen-bond acceptors (Lipinski definition) is 3. The fourth-order valence-electron chi connectivity index (χ4n) is 2.49. The number of anilines is 1. The highest BCUT2D eigenvalue weighted by molar-refractivity contribution is 6.01. The van der Waals surface area contributed by atoms with Gasteiger partial charge in [0.1, 0.15) is 0 Å². The third kappa shape index (κ3) is 3.52. The number of urea groups is 1. The molecule has 0 saturated carbocycles. The zero-order valence-corrected chi connectivity index (χ0v) is 12.3. The predicted octanol–water partition coefficient (Wildman–Crippen LogP) is 2.34. The number of para-hydroxylation sites is 1. The number of amides is 2. The highest BCUT2D eigenvalue weighted by Crippen LogP contribution is 2.22. The number of aryl methyl sites for hydroxylation is 1. The van der Waals surface area contributed by atoms with E-state index in [4.69, 9.17) is 4.74 Å².